The van der Waals surface area contributed by atoms with Crippen molar-refractivity contribution in [1.82, 2.24) is 42.1 Å². The molecule has 0 bridgehead atoms. The van der Waals surface area contributed by atoms with E-state index >= 15 is 0 Å². The van der Waals surface area contributed by atoms with E-state index in [9.17, 15) is 52.7 Å². The Labute approximate surface area is 432 Å². The van der Waals surface area contributed by atoms with Gasteiger partial charge in [-0.05, 0) is 43.6 Å². The van der Waals surface area contributed by atoms with Gasteiger partial charge in [0.2, 0.25) is 65.0 Å². The number of primary amides is 3. The normalized spacial score (nSPS) is 22.0. The van der Waals surface area contributed by atoms with E-state index in [0.717, 1.165) is 35.0 Å². The van der Waals surface area contributed by atoms with E-state index in [1.165, 1.54) is 17.8 Å². The van der Waals surface area contributed by atoms with Crippen LogP contribution in [0.3, 0.4) is 0 Å². The molecule has 2 aliphatic rings. The second kappa shape index (κ2) is 30.4. The SMILES string of the molecule is CC[C@@H](C)[C@H]1NC(=O)CC2(CCCCC2)SSCC(C(=O)N(C)CC(=O)N[C@@H](CCCN=C(N)N)C(=O)NCC(N)=O)NC(=O)[C@H](CC(N)=O)NC(=O)[C@H](CCC(N)=O)NC(=O)C(Cc2ccccc2)NC1=O. The van der Waals surface area contributed by atoms with Gasteiger partial charge < -0.3 is 70.8 Å². The second-order valence-corrected chi connectivity index (χ2v) is 21.1. The summed E-state index contributed by atoms with van der Waals surface area (Å²) in [6.07, 6.45) is 2.63. The summed E-state index contributed by atoms with van der Waals surface area (Å²) >= 11 is 0. The number of nitrogens with zero attached hydrogens (tertiary/aromatic N) is 2. The molecular weight excluding hydrogens is 989 g/mol. The van der Waals surface area contributed by atoms with Crippen LogP contribution in [-0.2, 0) is 59.2 Å². The van der Waals surface area contributed by atoms with E-state index in [0.29, 0.717) is 24.8 Å². The van der Waals surface area contributed by atoms with E-state index < -0.39 is 138 Å². The lowest BCUT2D eigenvalue weighted by molar-refractivity contribution is -0.139. The smallest absolute Gasteiger partial charge is 0.246 e. The molecule has 25 nitrogen and oxygen atoms in total. The van der Waals surface area contributed by atoms with E-state index in [4.69, 9.17) is 28.7 Å². The lowest BCUT2D eigenvalue weighted by Crippen LogP contribution is -2.60. The van der Waals surface area contributed by atoms with Crippen molar-refractivity contribution >= 4 is 92.5 Å². The van der Waals surface area contributed by atoms with Crippen molar-refractivity contribution in [3.05, 3.63) is 35.9 Å². The maximum absolute atomic E-state index is 14.4. The van der Waals surface area contributed by atoms with E-state index in [-0.39, 0.29) is 50.4 Å². The number of nitrogens with two attached hydrogens (primary N) is 5. The fourth-order valence-electron chi connectivity index (χ4n) is 8.08. The topological polar surface area (TPSA) is 418 Å². The summed E-state index contributed by atoms with van der Waals surface area (Å²) in [5.74, 6) is -9.95. The summed E-state index contributed by atoms with van der Waals surface area (Å²) in [6.45, 7) is 2.56. The minimum atomic E-state index is -1.76. The number of rotatable bonds is 20. The maximum atomic E-state index is 14.4. The number of hydrogen-bond donors (Lipinski definition) is 12. The van der Waals surface area contributed by atoms with Crippen LogP contribution in [0, 0.1) is 5.92 Å². The first-order chi connectivity index (χ1) is 34.5. The van der Waals surface area contributed by atoms with Gasteiger partial charge in [0.15, 0.2) is 5.96 Å². The van der Waals surface area contributed by atoms with Crippen molar-refractivity contribution in [2.45, 2.75) is 138 Å². The highest BCUT2D eigenvalue weighted by molar-refractivity contribution is 8.77. The van der Waals surface area contributed by atoms with E-state index in [1.54, 1.807) is 37.3 Å². The predicted molar refractivity (Wildman–Crippen MR) is 274 cm³/mol. The summed E-state index contributed by atoms with van der Waals surface area (Å²) in [4.78, 5) is 153. The molecule has 3 rings (SSSR count). The highest BCUT2D eigenvalue weighted by Crippen LogP contribution is 2.48. The van der Waals surface area contributed by atoms with Gasteiger partial charge in [-0.25, -0.2) is 0 Å². The minimum absolute atomic E-state index is 0.0108. The Morgan fingerprint density at radius 3 is 2.05 bits per heavy atom. The molecule has 2 unspecified atom stereocenters. The van der Waals surface area contributed by atoms with Crippen LogP contribution in [0.5, 0.6) is 0 Å². The van der Waals surface area contributed by atoms with Gasteiger partial charge in [0.05, 0.1) is 19.5 Å². The maximum Gasteiger partial charge on any atom is 0.246 e. The third-order valence-corrected chi connectivity index (χ3v) is 15.5. The molecule has 1 aliphatic carbocycles. The number of nitrogens with one attached hydrogen (secondary N) is 7. The van der Waals surface area contributed by atoms with Crippen LogP contribution in [0.25, 0.3) is 0 Å². The van der Waals surface area contributed by atoms with E-state index in [1.807, 2.05) is 6.92 Å². The number of benzene rings is 1. The minimum Gasteiger partial charge on any atom is -0.370 e. The second-order valence-electron chi connectivity index (χ2n) is 18.3. The molecule has 1 heterocycles. The molecular formula is C46H72N14O11S2. The Bertz CT molecular complexity index is 2160. The van der Waals surface area contributed by atoms with Gasteiger partial charge in [0.1, 0.15) is 36.3 Å². The number of aliphatic imine (C=N–C) groups is 1. The van der Waals surface area contributed by atoms with Crippen LogP contribution in [0.2, 0.25) is 0 Å². The van der Waals surface area contributed by atoms with Crippen molar-refractivity contribution in [3.63, 3.8) is 0 Å². The lowest BCUT2D eigenvalue weighted by atomic mass is 9.85. The molecule has 27 heteroatoms. The summed E-state index contributed by atoms with van der Waals surface area (Å²) in [5, 5.41) is 18.1. The highest BCUT2D eigenvalue weighted by Gasteiger charge is 2.40. The van der Waals surface area contributed by atoms with Crippen molar-refractivity contribution < 1.29 is 52.7 Å². The highest BCUT2D eigenvalue weighted by atomic mass is 33.1. The van der Waals surface area contributed by atoms with Gasteiger partial charge in [0.25, 0.3) is 0 Å². The van der Waals surface area contributed by atoms with Crippen molar-refractivity contribution in [3.8, 4) is 0 Å². The first-order valence-electron chi connectivity index (χ1n) is 24.1. The van der Waals surface area contributed by atoms with E-state index in [2.05, 4.69) is 42.2 Å². The Balaban J connectivity index is 2.08. The van der Waals surface area contributed by atoms with Crippen LogP contribution in [-0.4, -0.2) is 149 Å². The number of guanidine groups is 1. The average Bonchev–Trinajstić information content (AvgIpc) is 3.33. The molecule has 7 atom stereocenters. The first-order valence-corrected chi connectivity index (χ1v) is 26.4. The molecule has 17 N–H and O–H groups in total. The summed E-state index contributed by atoms with van der Waals surface area (Å²) in [6, 6.07) is 0.237. The first kappa shape index (κ1) is 60.7. The fourth-order valence-corrected chi connectivity index (χ4v) is 11.4. The molecule has 1 aromatic rings. The molecule has 2 fully saturated rings. The fraction of sp³-hybridized carbons (Fsp3) is 0.609. The molecule has 0 radical (unpaired) electrons. The summed E-state index contributed by atoms with van der Waals surface area (Å²) in [7, 11) is 3.76. The molecule has 1 aromatic carbocycles. The number of likely N-dealkylation sites (N-methyl/N-ethyl adjacent to an activating group) is 1. The largest absolute Gasteiger partial charge is 0.370 e. The summed E-state index contributed by atoms with van der Waals surface area (Å²) in [5.41, 5.74) is 27.6. The number of hydrogen-bond acceptors (Lipinski definition) is 14. The number of amides is 11. The third-order valence-electron chi connectivity index (χ3n) is 12.2. The molecule has 1 saturated heterocycles. The molecule has 1 aliphatic heterocycles. The van der Waals surface area contributed by atoms with Crippen LogP contribution in [0.4, 0.5) is 0 Å². The van der Waals surface area contributed by atoms with Crippen LogP contribution >= 0.6 is 21.6 Å². The predicted octanol–water partition coefficient (Wildman–Crippen LogP) is -3.07. The Kier molecular flexibility index (Phi) is 25.3. The van der Waals surface area contributed by atoms with Crippen molar-refractivity contribution in [2.24, 2.45) is 39.6 Å². The molecule has 11 amide bonds. The molecule has 0 aromatic heterocycles. The zero-order valence-corrected chi connectivity index (χ0v) is 43.2. The molecule has 73 heavy (non-hydrogen) atoms. The Hall–Kier alpha value is -6.64. The van der Waals surface area contributed by atoms with Gasteiger partial charge >= 0.3 is 0 Å². The Morgan fingerprint density at radius 2 is 1.44 bits per heavy atom. The van der Waals surface area contributed by atoms with Gasteiger partial charge in [-0.15, -0.1) is 0 Å². The van der Waals surface area contributed by atoms with Crippen LogP contribution in [0.1, 0.15) is 96.5 Å². The monoisotopic (exact) mass is 1060 g/mol. The third kappa shape index (κ3) is 21.5. The van der Waals surface area contributed by atoms with Gasteiger partial charge in [0, 0.05) is 43.4 Å². The zero-order chi connectivity index (χ0) is 54.3. The van der Waals surface area contributed by atoms with Crippen molar-refractivity contribution in [1.29, 1.82) is 0 Å². The quantitative estimate of drug-likeness (QED) is 0.0267. The summed E-state index contributed by atoms with van der Waals surface area (Å²) < 4.78 is -0.697. The lowest BCUT2D eigenvalue weighted by Gasteiger charge is -2.37. The van der Waals surface area contributed by atoms with Crippen LogP contribution in [0.15, 0.2) is 35.3 Å². The van der Waals surface area contributed by atoms with Crippen molar-refractivity contribution in [2.75, 3.05) is 32.4 Å². The van der Waals surface area contributed by atoms with Gasteiger partial charge in [-0.2, -0.15) is 0 Å². The number of carbonyl (C=O) groups excluding carboxylic acids is 11. The Morgan fingerprint density at radius 1 is 0.808 bits per heavy atom. The molecule has 1 saturated carbocycles. The number of carbonyl (C=O) groups is 11. The van der Waals surface area contributed by atoms with Gasteiger partial charge in [-0.3, -0.25) is 57.7 Å². The molecule has 1 spiro atoms. The zero-order valence-electron chi connectivity index (χ0n) is 41.5. The average molecular weight is 1060 g/mol. The van der Waals surface area contributed by atoms with Gasteiger partial charge in [-0.1, -0.05) is 91.5 Å². The van der Waals surface area contributed by atoms with Crippen LogP contribution < -0.4 is 65.9 Å². The molecule has 404 valence electrons. The standard InChI is InChI=1S/C46H72N14O11S2/c1-4-26(2)38-43(70)57-30(20-27-12-7-5-8-13-27)41(68)55-29(15-16-33(47)61)40(67)56-31(21-34(48)62)42(69)58-32(25-72-73-46(22-36(64)59-38)17-9-6-10-18-46)44(71)60(3)24-37(65)54-28(14-11-19-52-45(50)51)39(66)53-23-35(49)63/h5,7-8,12-13,26,28-32,38H,4,6,9-11,14-25H2,1-3H3,(H2,47,61)(H2,48,62)(H2,49,63)(H,53,66)(H,54,65)(H,55,68)(H,56,67)(H,57,70)(H,58,69)(H,59,64)(H4,50,51,52)/t26-,28+,29+,30?,31+,32?,38-/m1/s1.